The maximum Gasteiger partial charge on any atom is 0.240 e. The molecule has 2 aliphatic heterocycles. The summed E-state index contributed by atoms with van der Waals surface area (Å²) < 4.78 is 0. The van der Waals surface area contributed by atoms with Crippen LogP contribution >= 0.6 is 11.8 Å². The topological polar surface area (TPSA) is 41.1 Å². The Morgan fingerprint density at radius 2 is 2.44 bits per heavy atom. The number of amides is 1. The Kier molecular flexibility index (Phi) is 4.14. The lowest BCUT2D eigenvalue weighted by Crippen LogP contribution is -2.53. The standard InChI is InChI=1S/C12H22N2OS/c1-2-12(6-4-7-14-12)11(15)13-9-10-5-3-8-16-10/h10,14H,2-9H2,1H3,(H,13,15). The molecule has 2 N–H and O–H groups in total. The van der Waals surface area contributed by atoms with E-state index in [0.29, 0.717) is 5.25 Å². The van der Waals surface area contributed by atoms with Gasteiger partial charge in [0.1, 0.15) is 0 Å². The van der Waals surface area contributed by atoms with Crippen LogP contribution in [0.1, 0.15) is 39.0 Å². The molecule has 0 aromatic heterocycles. The molecule has 0 spiro atoms. The number of hydrogen-bond acceptors (Lipinski definition) is 3. The third kappa shape index (κ3) is 2.54. The van der Waals surface area contributed by atoms with E-state index in [-0.39, 0.29) is 11.4 Å². The van der Waals surface area contributed by atoms with Gasteiger partial charge in [-0.3, -0.25) is 4.79 Å². The summed E-state index contributed by atoms with van der Waals surface area (Å²) in [5.41, 5.74) is -0.261. The summed E-state index contributed by atoms with van der Waals surface area (Å²) in [6, 6.07) is 0. The third-order valence-electron chi connectivity index (χ3n) is 3.80. The van der Waals surface area contributed by atoms with Gasteiger partial charge in [-0.15, -0.1) is 0 Å². The molecule has 0 aromatic carbocycles. The van der Waals surface area contributed by atoms with Crippen LogP contribution in [0.4, 0.5) is 0 Å². The predicted molar refractivity (Wildman–Crippen MR) is 68.7 cm³/mol. The first-order chi connectivity index (χ1) is 7.77. The van der Waals surface area contributed by atoms with Gasteiger partial charge in [-0.25, -0.2) is 0 Å². The molecule has 0 saturated carbocycles. The van der Waals surface area contributed by atoms with Gasteiger partial charge in [0.2, 0.25) is 5.91 Å². The zero-order valence-electron chi connectivity index (χ0n) is 10.1. The Hall–Kier alpha value is -0.220. The molecule has 2 heterocycles. The minimum absolute atomic E-state index is 0.222. The van der Waals surface area contributed by atoms with E-state index < -0.39 is 0 Å². The Morgan fingerprint density at radius 1 is 1.56 bits per heavy atom. The van der Waals surface area contributed by atoms with Gasteiger partial charge in [0.05, 0.1) is 5.54 Å². The average Bonchev–Trinajstić information content (AvgIpc) is 2.97. The molecule has 0 radical (unpaired) electrons. The molecular formula is C12H22N2OS. The lowest BCUT2D eigenvalue weighted by atomic mass is 9.93. The number of rotatable bonds is 4. The molecule has 0 bridgehead atoms. The van der Waals surface area contributed by atoms with Crippen LogP contribution in [-0.4, -0.2) is 35.5 Å². The second kappa shape index (κ2) is 5.41. The number of hydrogen-bond donors (Lipinski definition) is 2. The molecule has 16 heavy (non-hydrogen) atoms. The van der Waals surface area contributed by atoms with Crippen molar-refractivity contribution in [1.82, 2.24) is 10.6 Å². The van der Waals surface area contributed by atoms with Crippen LogP contribution in [0, 0.1) is 0 Å². The molecule has 2 saturated heterocycles. The highest BCUT2D eigenvalue weighted by molar-refractivity contribution is 8.00. The normalized spacial score (nSPS) is 34.2. The van der Waals surface area contributed by atoms with E-state index in [1.807, 2.05) is 11.8 Å². The molecule has 4 heteroatoms. The summed E-state index contributed by atoms with van der Waals surface area (Å²) in [4.78, 5) is 12.2. The lowest BCUT2D eigenvalue weighted by Gasteiger charge is -2.27. The smallest absolute Gasteiger partial charge is 0.240 e. The quantitative estimate of drug-likeness (QED) is 0.785. The van der Waals surface area contributed by atoms with Crippen molar-refractivity contribution in [2.24, 2.45) is 0 Å². The molecule has 3 nitrogen and oxygen atoms in total. The van der Waals surface area contributed by atoms with Gasteiger partial charge in [0.15, 0.2) is 0 Å². The Labute approximate surface area is 102 Å². The first kappa shape index (κ1) is 12.2. The maximum atomic E-state index is 12.2. The predicted octanol–water partition coefficient (Wildman–Crippen LogP) is 1.53. The van der Waals surface area contributed by atoms with Crippen molar-refractivity contribution in [3.63, 3.8) is 0 Å². The Balaban J connectivity index is 1.81. The molecule has 92 valence electrons. The van der Waals surface area contributed by atoms with Crippen LogP contribution in [0.3, 0.4) is 0 Å². The van der Waals surface area contributed by atoms with Crippen molar-refractivity contribution in [3.05, 3.63) is 0 Å². The van der Waals surface area contributed by atoms with E-state index in [9.17, 15) is 4.79 Å². The van der Waals surface area contributed by atoms with Crippen molar-refractivity contribution < 1.29 is 4.79 Å². The fraction of sp³-hybridized carbons (Fsp3) is 0.917. The SMILES string of the molecule is CCC1(C(=O)NCC2CCCS2)CCCN1. The van der Waals surface area contributed by atoms with Crippen molar-refractivity contribution >= 4 is 17.7 Å². The van der Waals surface area contributed by atoms with Crippen molar-refractivity contribution in [2.45, 2.75) is 49.8 Å². The van der Waals surface area contributed by atoms with E-state index in [1.165, 1.54) is 18.6 Å². The molecule has 1 amide bonds. The summed E-state index contributed by atoms with van der Waals surface area (Å²) >= 11 is 2.00. The van der Waals surface area contributed by atoms with Crippen LogP contribution in [0.2, 0.25) is 0 Å². The molecule has 0 aliphatic carbocycles. The molecule has 2 rings (SSSR count). The molecule has 2 atom stereocenters. The number of carbonyl (C=O) groups excluding carboxylic acids is 1. The van der Waals surface area contributed by atoms with Gasteiger partial charge in [-0.2, -0.15) is 11.8 Å². The number of carbonyl (C=O) groups is 1. The minimum atomic E-state index is -0.261. The maximum absolute atomic E-state index is 12.2. The monoisotopic (exact) mass is 242 g/mol. The van der Waals surface area contributed by atoms with Crippen LogP contribution in [0.15, 0.2) is 0 Å². The second-order valence-electron chi connectivity index (χ2n) is 4.81. The van der Waals surface area contributed by atoms with E-state index >= 15 is 0 Å². The number of nitrogens with one attached hydrogen (secondary N) is 2. The van der Waals surface area contributed by atoms with Gasteiger partial charge in [0, 0.05) is 11.8 Å². The van der Waals surface area contributed by atoms with Crippen LogP contribution in [0.5, 0.6) is 0 Å². The highest BCUT2D eigenvalue weighted by Crippen LogP contribution is 2.26. The molecule has 2 aliphatic rings. The third-order valence-corrected chi connectivity index (χ3v) is 5.19. The second-order valence-corrected chi connectivity index (χ2v) is 6.22. The van der Waals surface area contributed by atoms with Gasteiger partial charge < -0.3 is 10.6 Å². The zero-order valence-corrected chi connectivity index (χ0v) is 10.9. The Morgan fingerprint density at radius 3 is 3.00 bits per heavy atom. The fourth-order valence-corrected chi connectivity index (χ4v) is 3.84. The van der Waals surface area contributed by atoms with Crippen molar-refractivity contribution in [2.75, 3.05) is 18.8 Å². The van der Waals surface area contributed by atoms with Crippen LogP contribution in [0.25, 0.3) is 0 Å². The van der Waals surface area contributed by atoms with E-state index in [0.717, 1.165) is 32.4 Å². The van der Waals surface area contributed by atoms with Crippen molar-refractivity contribution in [1.29, 1.82) is 0 Å². The van der Waals surface area contributed by atoms with E-state index in [1.54, 1.807) is 0 Å². The van der Waals surface area contributed by atoms with E-state index in [4.69, 9.17) is 0 Å². The first-order valence-corrected chi connectivity index (χ1v) is 7.47. The molecule has 2 fully saturated rings. The fourth-order valence-electron chi connectivity index (χ4n) is 2.64. The Bertz CT molecular complexity index is 245. The van der Waals surface area contributed by atoms with Gasteiger partial charge in [-0.05, 0) is 44.4 Å². The molecule has 2 unspecified atom stereocenters. The van der Waals surface area contributed by atoms with Gasteiger partial charge >= 0.3 is 0 Å². The zero-order chi connectivity index (χ0) is 11.4. The van der Waals surface area contributed by atoms with Gasteiger partial charge in [-0.1, -0.05) is 6.92 Å². The summed E-state index contributed by atoms with van der Waals surface area (Å²) in [6.07, 6.45) is 5.59. The summed E-state index contributed by atoms with van der Waals surface area (Å²) in [7, 11) is 0. The molecular weight excluding hydrogens is 220 g/mol. The summed E-state index contributed by atoms with van der Waals surface area (Å²) in [5.74, 6) is 1.48. The van der Waals surface area contributed by atoms with Crippen LogP contribution < -0.4 is 10.6 Å². The molecule has 0 aromatic rings. The lowest BCUT2D eigenvalue weighted by molar-refractivity contribution is -0.127. The average molecular weight is 242 g/mol. The summed E-state index contributed by atoms with van der Waals surface area (Å²) in [6.45, 7) is 3.94. The largest absolute Gasteiger partial charge is 0.353 e. The highest BCUT2D eigenvalue weighted by Gasteiger charge is 2.39. The van der Waals surface area contributed by atoms with Gasteiger partial charge in [0.25, 0.3) is 0 Å². The van der Waals surface area contributed by atoms with E-state index in [2.05, 4.69) is 17.6 Å². The number of thioether (sulfide) groups is 1. The highest BCUT2D eigenvalue weighted by atomic mass is 32.2. The van der Waals surface area contributed by atoms with Crippen LogP contribution in [-0.2, 0) is 4.79 Å². The first-order valence-electron chi connectivity index (χ1n) is 6.42. The summed E-state index contributed by atoms with van der Waals surface area (Å²) in [5, 5.41) is 7.16. The minimum Gasteiger partial charge on any atom is -0.353 e. The van der Waals surface area contributed by atoms with Crippen molar-refractivity contribution in [3.8, 4) is 0 Å².